The summed E-state index contributed by atoms with van der Waals surface area (Å²) < 4.78 is 24.3. The van der Waals surface area contributed by atoms with E-state index in [9.17, 15) is 0 Å². The smallest absolute Gasteiger partial charge is 0.119 e. The molecule has 0 N–H and O–H groups in total. The number of benzene rings is 8. The van der Waals surface area contributed by atoms with Crippen molar-refractivity contribution in [1.29, 1.82) is 0 Å². The van der Waals surface area contributed by atoms with Gasteiger partial charge in [-0.1, -0.05) is 183 Å². The van der Waals surface area contributed by atoms with E-state index >= 15 is 0 Å². The Balaban J connectivity index is 1.36. The summed E-state index contributed by atoms with van der Waals surface area (Å²) in [7, 11) is 3.89. The van der Waals surface area contributed by atoms with Crippen molar-refractivity contribution in [3.63, 3.8) is 0 Å². The van der Waals surface area contributed by atoms with Gasteiger partial charge in [0.1, 0.15) is 23.0 Å². The van der Waals surface area contributed by atoms with E-state index in [2.05, 4.69) is 231 Å². The average molecular weight is 947 g/mol. The Morgan fingerprint density at radius 2 is 0.600 bits per heavy atom. The molecule has 6 heteroatoms. The Bertz CT molecular complexity index is 3100. The Kier molecular flexibility index (Phi) is 13.2. The Hall–Kier alpha value is -7.39. The summed E-state index contributed by atoms with van der Waals surface area (Å²) in [5.74, 6) is 3.40. The van der Waals surface area contributed by atoms with Crippen LogP contribution >= 0.6 is 0 Å². The standard InChI is InChI=1S/C64H58O4Si2/c1-65-53-35-19-31-49(41-53)61-57(45-23-11-7-12-24-45)59(47-27-15-9-16-28-47)63(69(61)5,51-33-21-37-55(43-51)67-3)39-40-64(52-34-22-38-56(44-52)68-4)60(48-29-17-10-18-30-48)58(46-25-13-8-14-26-46)62(70(64)6)50-32-20-36-54(42-50)66-2/h7-38,41-44H,39-40H2,1-6H3. The number of hydrogen-bond donors (Lipinski definition) is 0. The molecule has 2 aliphatic heterocycles. The van der Waals surface area contributed by atoms with Gasteiger partial charge >= 0.3 is 0 Å². The number of hydrogen-bond acceptors (Lipinski definition) is 4. The highest BCUT2D eigenvalue weighted by Crippen LogP contribution is 2.58. The van der Waals surface area contributed by atoms with E-state index < -0.39 is 26.9 Å². The molecule has 8 aromatic carbocycles. The highest BCUT2D eigenvalue weighted by molar-refractivity contribution is 6.89. The minimum Gasteiger partial charge on any atom is -0.497 e. The second-order valence-electron chi connectivity index (χ2n) is 18.2. The Morgan fingerprint density at radius 1 is 0.314 bits per heavy atom. The molecule has 0 aromatic heterocycles. The van der Waals surface area contributed by atoms with Crippen LogP contribution in [0, 0.1) is 0 Å². The molecule has 70 heavy (non-hydrogen) atoms. The van der Waals surface area contributed by atoms with Gasteiger partial charge in [0.2, 0.25) is 0 Å². The molecule has 0 amide bonds. The lowest BCUT2D eigenvalue weighted by atomic mass is 9.72. The quantitative estimate of drug-likeness (QED) is 0.0960. The lowest BCUT2D eigenvalue weighted by Gasteiger charge is -2.42. The summed E-state index contributed by atoms with van der Waals surface area (Å²) in [6.45, 7) is 5.14. The predicted molar refractivity (Wildman–Crippen MR) is 295 cm³/mol. The summed E-state index contributed by atoms with van der Waals surface area (Å²) >= 11 is 0. The molecule has 0 fully saturated rings. The van der Waals surface area contributed by atoms with E-state index in [0.717, 1.165) is 35.8 Å². The fourth-order valence-corrected chi connectivity index (χ4v) is 18.5. The lowest BCUT2D eigenvalue weighted by Crippen LogP contribution is -2.43. The Labute approximate surface area is 416 Å². The zero-order chi connectivity index (χ0) is 48.2. The normalized spacial score (nSPS) is 17.9. The van der Waals surface area contributed by atoms with Crippen molar-refractivity contribution in [2.45, 2.75) is 36.0 Å². The topological polar surface area (TPSA) is 36.9 Å². The van der Waals surface area contributed by atoms with Gasteiger partial charge in [-0.05, 0) is 139 Å². The van der Waals surface area contributed by atoms with Crippen LogP contribution in [0.2, 0.25) is 13.1 Å². The second kappa shape index (κ2) is 19.9. The number of rotatable bonds is 15. The van der Waals surface area contributed by atoms with Crippen molar-refractivity contribution in [3.8, 4) is 23.0 Å². The summed E-state index contributed by atoms with van der Waals surface area (Å²) in [5, 5.41) is 1.83. The molecular weight excluding hydrogens is 889 g/mol. The van der Waals surface area contributed by atoms with Gasteiger partial charge in [0.25, 0.3) is 0 Å². The molecule has 8 aromatic rings. The van der Waals surface area contributed by atoms with Crippen molar-refractivity contribution < 1.29 is 18.9 Å². The van der Waals surface area contributed by atoms with Gasteiger partial charge in [-0.2, -0.15) is 0 Å². The summed E-state index contributed by atoms with van der Waals surface area (Å²) in [5.41, 5.74) is 15.1. The highest BCUT2D eigenvalue weighted by atomic mass is 28.2. The van der Waals surface area contributed by atoms with Crippen LogP contribution in [0.5, 0.6) is 23.0 Å². The summed E-state index contributed by atoms with van der Waals surface area (Å²) in [6.07, 6.45) is 1.67. The minimum atomic E-state index is -1.61. The summed E-state index contributed by atoms with van der Waals surface area (Å²) in [6, 6.07) is 80.0. The molecule has 10 rings (SSSR count). The van der Waals surface area contributed by atoms with Gasteiger partial charge < -0.3 is 18.9 Å². The first kappa shape index (κ1) is 46.3. The first-order valence-electron chi connectivity index (χ1n) is 24.1. The van der Waals surface area contributed by atoms with Crippen LogP contribution in [0.25, 0.3) is 22.3 Å². The largest absolute Gasteiger partial charge is 0.497 e. The monoisotopic (exact) mass is 946 g/mol. The molecule has 0 saturated heterocycles. The van der Waals surface area contributed by atoms with E-state index in [-0.39, 0.29) is 0 Å². The fraction of sp³-hybridized carbons (Fsp3) is 0.156. The SMILES string of the molecule is COc1cccc(C2=[Si](C)C(CCC3(c4cccc(OC)c4)C(c4ccccc4)=C(c4ccccc4)C(c4cccc(OC)c4)=[Si]3C)(c3cccc(OC)c3)C(c3ccccc3)=C2c2ccccc2)c1. The molecule has 2 atom stereocenters. The maximum Gasteiger partial charge on any atom is 0.119 e. The van der Waals surface area contributed by atoms with E-state index in [4.69, 9.17) is 18.9 Å². The van der Waals surface area contributed by atoms with Crippen molar-refractivity contribution in [3.05, 3.63) is 263 Å². The number of methoxy groups -OCH3 is 4. The van der Waals surface area contributed by atoms with E-state index in [1.807, 2.05) is 0 Å². The molecule has 0 radical (unpaired) electrons. The molecule has 2 heterocycles. The van der Waals surface area contributed by atoms with Crippen molar-refractivity contribution >= 4 is 49.4 Å². The van der Waals surface area contributed by atoms with E-state index in [0.29, 0.717) is 0 Å². The van der Waals surface area contributed by atoms with Crippen LogP contribution < -0.4 is 18.9 Å². The van der Waals surface area contributed by atoms with Gasteiger partial charge in [-0.3, -0.25) is 0 Å². The van der Waals surface area contributed by atoms with Gasteiger partial charge in [0.05, 0.1) is 28.4 Å². The van der Waals surface area contributed by atoms with Crippen LogP contribution in [0.1, 0.15) is 57.3 Å². The van der Waals surface area contributed by atoms with Gasteiger partial charge in [-0.25, -0.2) is 0 Å². The molecule has 4 nitrogen and oxygen atoms in total. The van der Waals surface area contributed by atoms with E-state index in [1.165, 1.54) is 77.1 Å². The fourth-order valence-electron chi connectivity index (χ4n) is 11.7. The highest BCUT2D eigenvalue weighted by Gasteiger charge is 2.53. The third kappa shape index (κ3) is 8.05. The van der Waals surface area contributed by atoms with Crippen LogP contribution in [-0.4, -0.2) is 55.6 Å². The lowest BCUT2D eigenvalue weighted by molar-refractivity contribution is 0.412. The maximum atomic E-state index is 6.16. The second-order valence-corrected chi connectivity index (χ2v) is 23.4. The Morgan fingerprint density at radius 3 is 0.929 bits per heavy atom. The molecule has 0 saturated carbocycles. The molecule has 0 spiro atoms. The van der Waals surface area contributed by atoms with E-state index in [1.54, 1.807) is 28.4 Å². The third-order valence-electron chi connectivity index (χ3n) is 14.9. The maximum absolute atomic E-state index is 6.16. The van der Waals surface area contributed by atoms with Crippen LogP contribution in [0.15, 0.2) is 218 Å². The van der Waals surface area contributed by atoms with Gasteiger partial charge in [0.15, 0.2) is 0 Å². The number of ether oxygens (including phenoxy) is 4. The molecular formula is C64H58O4Si2. The van der Waals surface area contributed by atoms with Crippen molar-refractivity contribution in [2.24, 2.45) is 0 Å². The molecule has 2 unspecified atom stereocenters. The minimum absolute atomic E-state index is 0.481. The molecule has 346 valence electrons. The zero-order valence-corrected chi connectivity index (χ0v) is 42.8. The molecule has 0 aliphatic carbocycles. The van der Waals surface area contributed by atoms with Crippen LogP contribution in [-0.2, 0) is 10.1 Å². The summed E-state index contributed by atoms with van der Waals surface area (Å²) in [4.78, 5) is 0. The first-order chi connectivity index (χ1) is 34.4. The first-order valence-corrected chi connectivity index (χ1v) is 28.1. The van der Waals surface area contributed by atoms with Crippen LogP contribution in [0.4, 0.5) is 0 Å². The molecule has 0 bridgehead atoms. The predicted octanol–water partition coefficient (Wildman–Crippen LogP) is 13.9. The molecule has 2 aliphatic rings. The van der Waals surface area contributed by atoms with Crippen molar-refractivity contribution in [2.75, 3.05) is 28.4 Å². The van der Waals surface area contributed by atoms with Crippen LogP contribution in [0.3, 0.4) is 0 Å². The van der Waals surface area contributed by atoms with Crippen molar-refractivity contribution in [1.82, 2.24) is 0 Å². The van der Waals surface area contributed by atoms with Gasteiger partial charge in [-0.15, -0.1) is 0 Å². The third-order valence-corrected chi connectivity index (χ3v) is 21.6. The van der Waals surface area contributed by atoms with Gasteiger partial charge in [0, 0.05) is 26.9 Å². The zero-order valence-electron chi connectivity index (χ0n) is 40.8. The average Bonchev–Trinajstić information content (AvgIpc) is 3.86. The number of allylic oxidation sites excluding steroid dienone is 4.